The smallest absolute Gasteiger partial charge is 0.408 e. The van der Waals surface area contributed by atoms with Crippen LogP contribution in [0.2, 0.25) is 0 Å². The lowest BCUT2D eigenvalue weighted by Gasteiger charge is -2.36. The van der Waals surface area contributed by atoms with Gasteiger partial charge in [0.15, 0.2) is 0 Å². The van der Waals surface area contributed by atoms with Gasteiger partial charge in [0.25, 0.3) is 0 Å². The predicted molar refractivity (Wildman–Crippen MR) is 128 cm³/mol. The molecule has 0 aliphatic carbocycles. The molecule has 0 aromatic heterocycles. The fourth-order valence-electron chi connectivity index (χ4n) is 4.01. The lowest BCUT2D eigenvalue weighted by molar-refractivity contribution is -0.113. The van der Waals surface area contributed by atoms with Crippen molar-refractivity contribution >= 4 is 12.4 Å². The van der Waals surface area contributed by atoms with Crippen molar-refractivity contribution in [1.29, 1.82) is 0 Å². The van der Waals surface area contributed by atoms with Crippen molar-refractivity contribution in [2.75, 3.05) is 0 Å². The summed E-state index contributed by atoms with van der Waals surface area (Å²) in [5.74, 6) is -0.170. The van der Waals surface area contributed by atoms with E-state index < -0.39 is 17.2 Å². The molecule has 0 rings (SSSR count). The van der Waals surface area contributed by atoms with E-state index in [9.17, 15) is 9.59 Å². The number of hydrogen-bond donors (Lipinski definition) is 1. The van der Waals surface area contributed by atoms with Crippen LogP contribution in [0.3, 0.4) is 0 Å². The Bertz CT molecular complexity index is 444. The molecule has 0 fully saturated rings. The number of rotatable bonds is 18. The van der Waals surface area contributed by atoms with Crippen LogP contribution in [-0.4, -0.2) is 23.5 Å². The Labute approximate surface area is 187 Å². The van der Waals surface area contributed by atoms with Crippen molar-refractivity contribution in [2.24, 2.45) is 5.92 Å². The fraction of sp³-hybridized carbons (Fsp3) is 0.923. The SMILES string of the molecule is CCCCCCCCCCC(C=O)C(C)(CCCCCCC)NC(=O)OC(C)(C)C. The van der Waals surface area contributed by atoms with Gasteiger partial charge in [-0.3, -0.25) is 0 Å². The van der Waals surface area contributed by atoms with Gasteiger partial charge in [-0.2, -0.15) is 0 Å². The van der Waals surface area contributed by atoms with Crippen LogP contribution in [0.25, 0.3) is 0 Å². The van der Waals surface area contributed by atoms with Crippen LogP contribution in [0.15, 0.2) is 0 Å². The minimum Gasteiger partial charge on any atom is -0.444 e. The highest BCUT2D eigenvalue weighted by Crippen LogP contribution is 2.28. The molecule has 0 heterocycles. The Hall–Kier alpha value is -1.06. The monoisotopic (exact) mass is 425 g/mol. The first-order chi connectivity index (χ1) is 14.2. The summed E-state index contributed by atoms with van der Waals surface area (Å²) in [4.78, 5) is 24.5. The number of carbonyl (C=O) groups excluding carboxylic acids is 2. The standard InChI is InChI=1S/C26H51NO3/c1-7-9-11-13-14-15-16-18-20-23(22-28)26(6,21-19-17-12-10-8-2)27-24(29)30-25(3,4)5/h22-23H,7-21H2,1-6H3,(H,27,29). The number of unbranched alkanes of at least 4 members (excludes halogenated alkanes) is 11. The average Bonchev–Trinajstić information content (AvgIpc) is 2.65. The number of nitrogens with one attached hydrogen (secondary N) is 1. The van der Waals surface area contributed by atoms with Gasteiger partial charge < -0.3 is 14.8 Å². The Balaban J connectivity index is 4.71. The van der Waals surface area contributed by atoms with E-state index in [0.717, 1.165) is 44.8 Å². The van der Waals surface area contributed by atoms with Crippen molar-refractivity contribution in [1.82, 2.24) is 5.32 Å². The van der Waals surface area contributed by atoms with E-state index >= 15 is 0 Å². The number of alkyl carbamates (subject to hydrolysis) is 1. The van der Waals surface area contributed by atoms with Crippen molar-refractivity contribution in [3.63, 3.8) is 0 Å². The zero-order chi connectivity index (χ0) is 22.9. The molecule has 2 atom stereocenters. The maximum atomic E-state index is 12.5. The number of ether oxygens (including phenoxy) is 1. The van der Waals surface area contributed by atoms with Crippen LogP contribution in [0, 0.1) is 5.92 Å². The lowest BCUT2D eigenvalue weighted by atomic mass is 9.79. The summed E-state index contributed by atoms with van der Waals surface area (Å²) in [5, 5.41) is 3.07. The molecule has 4 heteroatoms. The minimum absolute atomic E-state index is 0.170. The van der Waals surface area contributed by atoms with Crippen molar-refractivity contribution < 1.29 is 14.3 Å². The first kappa shape index (κ1) is 28.9. The largest absolute Gasteiger partial charge is 0.444 e. The molecule has 30 heavy (non-hydrogen) atoms. The highest BCUT2D eigenvalue weighted by atomic mass is 16.6. The molecule has 0 aromatic carbocycles. The summed E-state index contributed by atoms with van der Waals surface area (Å²) in [7, 11) is 0. The minimum atomic E-state index is -0.544. The van der Waals surface area contributed by atoms with E-state index in [1.54, 1.807) is 0 Å². The summed E-state index contributed by atoms with van der Waals surface area (Å²) < 4.78 is 5.50. The Morgan fingerprint density at radius 2 is 1.27 bits per heavy atom. The Morgan fingerprint density at radius 3 is 1.73 bits per heavy atom. The van der Waals surface area contributed by atoms with E-state index in [1.807, 2.05) is 27.7 Å². The van der Waals surface area contributed by atoms with Gasteiger partial charge in [0.05, 0.1) is 0 Å². The fourth-order valence-corrected chi connectivity index (χ4v) is 4.01. The van der Waals surface area contributed by atoms with Crippen molar-refractivity contribution in [3.05, 3.63) is 0 Å². The Kier molecular flexibility index (Phi) is 16.0. The topological polar surface area (TPSA) is 55.4 Å². The Morgan fingerprint density at radius 1 is 0.800 bits per heavy atom. The molecule has 1 amide bonds. The third-order valence-electron chi connectivity index (χ3n) is 5.94. The molecule has 0 bridgehead atoms. The summed E-state index contributed by atoms with van der Waals surface area (Å²) in [6.45, 7) is 12.1. The second kappa shape index (κ2) is 16.6. The molecule has 2 unspecified atom stereocenters. The highest BCUT2D eigenvalue weighted by Gasteiger charge is 2.36. The zero-order valence-corrected chi connectivity index (χ0v) is 21.0. The van der Waals surface area contributed by atoms with Gasteiger partial charge in [0.1, 0.15) is 11.9 Å². The van der Waals surface area contributed by atoms with Gasteiger partial charge >= 0.3 is 6.09 Å². The molecule has 0 spiro atoms. The van der Waals surface area contributed by atoms with Gasteiger partial charge in [-0.05, 0) is 40.5 Å². The van der Waals surface area contributed by atoms with E-state index in [2.05, 4.69) is 19.2 Å². The molecular weight excluding hydrogens is 374 g/mol. The quantitative estimate of drug-likeness (QED) is 0.179. The van der Waals surface area contributed by atoms with Crippen LogP contribution in [0.1, 0.15) is 138 Å². The van der Waals surface area contributed by atoms with Crippen LogP contribution in [-0.2, 0) is 9.53 Å². The highest BCUT2D eigenvalue weighted by molar-refractivity contribution is 5.70. The van der Waals surface area contributed by atoms with E-state index in [4.69, 9.17) is 4.74 Å². The number of aldehydes is 1. The molecule has 0 aliphatic heterocycles. The van der Waals surface area contributed by atoms with Gasteiger partial charge in [-0.15, -0.1) is 0 Å². The predicted octanol–water partition coefficient (Wildman–Crippen LogP) is 7.98. The molecule has 0 saturated heterocycles. The van der Waals surface area contributed by atoms with E-state index in [1.165, 1.54) is 57.8 Å². The summed E-state index contributed by atoms with van der Waals surface area (Å²) in [5.41, 5.74) is -1.09. The lowest BCUT2D eigenvalue weighted by Crippen LogP contribution is -2.53. The molecule has 4 nitrogen and oxygen atoms in total. The number of amides is 1. The van der Waals surface area contributed by atoms with E-state index in [0.29, 0.717) is 0 Å². The summed E-state index contributed by atoms with van der Waals surface area (Å²) >= 11 is 0. The van der Waals surface area contributed by atoms with Crippen LogP contribution in [0.5, 0.6) is 0 Å². The van der Waals surface area contributed by atoms with E-state index in [-0.39, 0.29) is 5.92 Å². The second-order valence-corrected chi connectivity index (χ2v) is 10.2. The van der Waals surface area contributed by atoms with Gasteiger partial charge in [-0.25, -0.2) is 4.79 Å². The molecular formula is C26H51NO3. The van der Waals surface area contributed by atoms with Crippen LogP contribution >= 0.6 is 0 Å². The molecule has 0 saturated carbocycles. The molecule has 178 valence electrons. The zero-order valence-electron chi connectivity index (χ0n) is 21.0. The first-order valence-corrected chi connectivity index (χ1v) is 12.6. The van der Waals surface area contributed by atoms with Crippen molar-refractivity contribution in [3.8, 4) is 0 Å². The summed E-state index contributed by atoms with van der Waals surface area (Å²) in [6.07, 6.45) is 18.1. The normalized spacial score (nSPS) is 14.7. The molecule has 0 radical (unpaired) electrons. The molecule has 0 aliphatic rings. The first-order valence-electron chi connectivity index (χ1n) is 12.6. The maximum absolute atomic E-state index is 12.5. The third kappa shape index (κ3) is 14.8. The maximum Gasteiger partial charge on any atom is 0.408 e. The second-order valence-electron chi connectivity index (χ2n) is 10.2. The van der Waals surface area contributed by atoms with Crippen LogP contribution in [0.4, 0.5) is 4.79 Å². The third-order valence-corrected chi connectivity index (χ3v) is 5.94. The average molecular weight is 426 g/mol. The molecule has 0 aromatic rings. The van der Waals surface area contributed by atoms with Crippen molar-refractivity contribution in [2.45, 2.75) is 149 Å². The van der Waals surface area contributed by atoms with Crippen LogP contribution < -0.4 is 5.32 Å². The van der Waals surface area contributed by atoms with Gasteiger partial charge in [-0.1, -0.05) is 97.3 Å². The number of hydrogen-bond acceptors (Lipinski definition) is 3. The van der Waals surface area contributed by atoms with Gasteiger partial charge in [0, 0.05) is 11.5 Å². The summed E-state index contributed by atoms with van der Waals surface area (Å²) in [6, 6.07) is 0. The van der Waals surface area contributed by atoms with Gasteiger partial charge in [0.2, 0.25) is 0 Å². The number of carbonyl (C=O) groups is 2. The molecule has 1 N–H and O–H groups in total.